The van der Waals surface area contributed by atoms with E-state index in [9.17, 15) is 0 Å². The molecule has 0 aliphatic carbocycles. The van der Waals surface area contributed by atoms with Crippen LogP contribution in [-0.4, -0.2) is 33.6 Å². The Balaban J connectivity index is 1.92. The fourth-order valence-corrected chi connectivity index (χ4v) is 3.45. The molecule has 2 N–H and O–H groups in total. The Morgan fingerprint density at radius 2 is 2.12 bits per heavy atom. The van der Waals surface area contributed by atoms with Crippen LogP contribution in [-0.2, 0) is 5.54 Å². The van der Waals surface area contributed by atoms with Crippen LogP contribution >= 0.6 is 0 Å². The van der Waals surface area contributed by atoms with Gasteiger partial charge in [-0.2, -0.15) is 0 Å². The lowest BCUT2D eigenvalue weighted by Gasteiger charge is -2.27. The summed E-state index contributed by atoms with van der Waals surface area (Å²) in [5.74, 6) is 0. The molecule has 1 aromatic rings. The van der Waals surface area contributed by atoms with Gasteiger partial charge in [0.25, 0.3) is 0 Å². The minimum absolute atomic E-state index is 0.303. The van der Waals surface area contributed by atoms with Gasteiger partial charge in [-0.15, -0.1) is 0 Å². The Morgan fingerprint density at radius 3 is 2.88 bits per heavy atom. The van der Waals surface area contributed by atoms with Crippen LogP contribution in [0.4, 0.5) is 0 Å². The smallest absolute Gasteiger partial charge is 0.0951 e. The van der Waals surface area contributed by atoms with Crippen molar-refractivity contribution in [1.29, 1.82) is 0 Å². The molecule has 0 amide bonds. The lowest BCUT2D eigenvalue weighted by Crippen LogP contribution is -2.35. The average Bonchev–Trinajstić information content (AvgIpc) is 2.90. The fourth-order valence-electron chi connectivity index (χ4n) is 3.45. The molecular weight excluding hydrogens is 212 g/mol. The summed E-state index contributed by atoms with van der Waals surface area (Å²) in [4.78, 5) is 6.93. The Kier molecular flexibility index (Phi) is 2.52. The highest BCUT2D eigenvalue weighted by Crippen LogP contribution is 2.37. The summed E-state index contributed by atoms with van der Waals surface area (Å²) in [7, 11) is 0. The van der Waals surface area contributed by atoms with Crippen molar-refractivity contribution in [1.82, 2.24) is 14.5 Å². The molecule has 0 bridgehead atoms. The first-order valence-electron chi connectivity index (χ1n) is 6.62. The summed E-state index contributed by atoms with van der Waals surface area (Å²) in [6.07, 6.45) is 7.81. The Morgan fingerprint density at radius 1 is 1.29 bits per heavy atom. The van der Waals surface area contributed by atoms with Crippen molar-refractivity contribution in [2.24, 2.45) is 5.73 Å². The van der Waals surface area contributed by atoms with Gasteiger partial charge in [0.2, 0.25) is 0 Å². The second-order valence-electron chi connectivity index (χ2n) is 6.01. The number of hydrogen-bond donors (Lipinski definition) is 1. The van der Waals surface area contributed by atoms with Crippen LogP contribution in [0, 0.1) is 0 Å². The second kappa shape index (κ2) is 3.82. The Bertz CT molecular complexity index is 404. The number of imidazole rings is 1. The minimum atomic E-state index is -0.303. The summed E-state index contributed by atoms with van der Waals surface area (Å²) in [6, 6.07) is 1.29. The summed E-state index contributed by atoms with van der Waals surface area (Å²) < 4.78 is 2.33. The van der Waals surface area contributed by atoms with Crippen LogP contribution in [0.15, 0.2) is 12.5 Å². The Hall–Kier alpha value is -0.870. The van der Waals surface area contributed by atoms with Crippen LogP contribution in [0.25, 0.3) is 0 Å². The van der Waals surface area contributed by atoms with Crippen LogP contribution in [0.5, 0.6) is 0 Å². The number of nitrogens with two attached hydrogens (primary N) is 1. The van der Waals surface area contributed by atoms with Gasteiger partial charge >= 0.3 is 0 Å². The molecule has 0 saturated carbocycles. The highest BCUT2D eigenvalue weighted by molar-refractivity contribution is 5.13. The zero-order valence-corrected chi connectivity index (χ0v) is 10.8. The highest BCUT2D eigenvalue weighted by Gasteiger charge is 2.39. The van der Waals surface area contributed by atoms with Gasteiger partial charge in [0.15, 0.2) is 0 Å². The van der Waals surface area contributed by atoms with Crippen molar-refractivity contribution in [3.8, 4) is 0 Å². The van der Waals surface area contributed by atoms with E-state index in [0.717, 1.165) is 5.69 Å². The minimum Gasteiger partial charge on any atom is -0.328 e. The summed E-state index contributed by atoms with van der Waals surface area (Å²) in [6.45, 7) is 6.62. The first kappa shape index (κ1) is 11.2. The summed E-state index contributed by atoms with van der Waals surface area (Å²) in [5, 5.41) is 0. The maximum Gasteiger partial charge on any atom is 0.0951 e. The number of fused-ring (bicyclic) bond motifs is 1. The second-order valence-corrected chi connectivity index (χ2v) is 6.01. The summed E-state index contributed by atoms with van der Waals surface area (Å²) in [5.41, 5.74) is 7.09. The molecule has 0 radical (unpaired) electrons. The number of hydrogen-bond acceptors (Lipinski definition) is 3. The average molecular weight is 234 g/mol. The first-order chi connectivity index (χ1) is 8.07. The summed E-state index contributed by atoms with van der Waals surface area (Å²) >= 11 is 0. The van der Waals surface area contributed by atoms with E-state index in [2.05, 4.69) is 28.3 Å². The standard InChI is InChI=1S/C13H22N4/c1-13(2,14)12-8-15-9-17(12)11-5-7-16-6-3-4-10(11)16/h8-11H,3-7,14H2,1-2H3. The van der Waals surface area contributed by atoms with Crippen molar-refractivity contribution in [2.75, 3.05) is 13.1 Å². The van der Waals surface area contributed by atoms with Crippen LogP contribution in [0.1, 0.15) is 44.8 Å². The van der Waals surface area contributed by atoms with Gasteiger partial charge in [-0.25, -0.2) is 4.98 Å². The highest BCUT2D eigenvalue weighted by atomic mass is 15.3. The van der Waals surface area contributed by atoms with Gasteiger partial charge in [-0.3, -0.25) is 4.90 Å². The number of rotatable bonds is 2. The monoisotopic (exact) mass is 234 g/mol. The van der Waals surface area contributed by atoms with E-state index >= 15 is 0 Å². The van der Waals surface area contributed by atoms with Crippen molar-refractivity contribution in [3.05, 3.63) is 18.2 Å². The molecule has 17 heavy (non-hydrogen) atoms. The zero-order valence-electron chi connectivity index (χ0n) is 10.8. The van der Waals surface area contributed by atoms with E-state index < -0.39 is 0 Å². The fraction of sp³-hybridized carbons (Fsp3) is 0.769. The van der Waals surface area contributed by atoms with Crippen molar-refractivity contribution in [2.45, 2.75) is 50.7 Å². The maximum atomic E-state index is 6.23. The van der Waals surface area contributed by atoms with E-state index in [0.29, 0.717) is 12.1 Å². The van der Waals surface area contributed by atoms with E-state index in [1.807, 2.05) is 12.5 Å². The lowest BCUT2D eigenvalue weighted by atomic mass is 10.0. The van der Waals surface area contributed by atoms with Crippen LogP contribution < -0.4 is 5.73 Å². The molecule has 2 unspecified atom stereocenters. The molecule has 4 heteroatoms. The van der Waals surface area contributed by atoms with Crippen LogP contribution in [0.2, 0.25) is 0 Å². The number of aromatic nitrogens is 2. The lowest BCUT2D eigenvalue weighted by molar-refractivity contribution is 0.284. The first-order valence-corrected chi connectivity index (χ1v) is 6.62. The van der Waals surface area contributed by atoms with E-state index in [4.69, 9.17) is 5.73 Å². The normalized spacial score (nSPS) is 29.8. The Labute approximate surface area is 103 Å². The molecule has 0 spiro atoms. The molecular formula is C13H22N4. The van der Waals surface area contributed by atoms with Gasteiger partial charge in [-0.1, -0.05) is 0 Å². The molecule has 94 valence electrons. The molecule has 4 nitrogen and oxygen atoms in total. The SMILES string of the molecule is CC(C)(N)c1cncn1C1CCN2CCCC12. The third-order valence-corrected chi connectivity index (χ3v) is 4.25. The van der Waals surface area contributed by atoms with Gasteiger partial charge < -0.3 is 10.3 Å². The molecule has 2 atom stereocenters. The van der Waals surface area contributed by atoms with Gasteiger partial charge in [0.05, 0.1) is 23.6 Å². The molecule has 1 aromatic heterocycles. The third-order valence-electron chi connectivity index (χ3n) is 4.25. The maximum absolute atomic E-state index is 6.23. The molecule has 0 aromatic carbocycles. The van der Waals surface area contributed by atoms with E-state index in [-0.39, 0.29) is 5.54 Å². The number of nitrogens with zero attached hydrogens (tertiary/aromatic N) is 3. The topological polar surface area (TPSA) is 47.1 Å². The molecule has 3 rings (SSSR count). The van der Waals surface area contributed by atoms with Gasteiger partial charge in [0, 0.05) is 18.8 Å². The molecule has 2 saturated heterocycles. The van der Waals surface area contributed by atoms with Gasteiger partial charge in [0.1, 0.15) is 0 Å². The molecule has 2 aliphatic heterocycles. The molecule has 3 heterocycles. The molecule has 2 fully saturated rings. The van der Waals surface area contributed by atoms with Crippen molar-refractivity contribution in [3.63, 3.8) is 0 Å². The third kappa shape index (κ3) is 1.79. The predicted octanol–water partition coefficient (Wildman–Crippen LogP) is 1.49. The largest absolute Gasteiger partial charge is 0.328 e. The van der Waals surface area contributed by atoms with Crippen molar-refractivity contribution >= 4 is 0 Å². The molecule has 2 aliphatic rings. The predicted molar refractivity (Wildman–Crippen MR) is 67.7 cm³/mol. The zero-order chi connectivity index (χ0) is 12.0. The van der Waals surface area contributed by atoms with Gasteiger partial charge in [-0.05, 0) is 39.7 Å². The quantitative estimate of drug-likeness (QED) is 0.843. The van der Waals surface area contributed by atoms with E-state index in [1.54, 1.807) is 0 Å². The van der Waals surface area contributed by atoms with Crippen molar-refractivity contribution < 1.29 is 0 Å². The van der Waals surface area contributed by atoms with E-state index in [1.165, 1.54) is 32.4 Å². The van der Waals surface area contributed by atoms with Crippen LogP contribution in [0.3, 0.4) is 0 Å².